The van der Waals surface area contributed by atoms with Crippen molar-refractivity contribution in [1.82, 2.24) is 0 Å². The molecule has 0 spiro atoms. The maximum absolute atomic E-state index is 15.0. The maximum Gasteiger partial charge on any atom is 0.314 e. The number of hydrogen-bond acceptors (Lipinski definition) is 4. The van der Waals surface area contributed by atoms with Gasteiger partial charge in [-0.2, -0.15) is 4.39 Å². The Morgan fingerprint density at radius 3 is 2.40 bits per heavy atom. The Kier molecular flexibility index (Phi) is 8.05. The second-order valence-electron chi connectivity index (χ2n) is 10.1. The molecule has 40 heavy (non-hydrogen) atoms. The van der Waals surface area contributed by atoms with Gasteiger partial charge >= 0.3 is 5.97 Å². The molecule has 3 aromatic carbocycles. The predicted octanol–water partition coefficient (Wildman–Crippen LogP) is 7.74. The monoisotopic (exact) mass is 558 g/mol. The van der Waals surface area contributed by atoms with Gasteiger partial charge < -0.3 is 14.6 Å². The fourth-order valence-electron chi connectivity index (χ4n) is 5.00. The molecule has 0 amide bonds. The van der Waals surface area contributed by atoms with E-state index in [1.807, 2.05) is 0 Å². The molecule has 1 fully saturated rings. The highest BCUT2D eigenvalue weighted by molar-refractivity contribution is 5.78. The number of aliphatic hydroxyl groups excluding tert-OH is 1. The van der Waals surface area contributed by atoms with Crippen molar-refractivity contribution in [3.05, 3.63) is 94.3 Å². The van der Waals surface area contributed by atoms with Crippen LogP contribution in [0.2, 0.25) is 0 Å². The van der Waals surface area contributed by atoms with Gasteiger partial charge in [-0.1, -0.05) is 43.7 Å². The van der Waals surface area contributed by atoms with Crippen molar-refractivity contribution in [2.24, 2.45) is 5.92 Å². The molecule has 1 heterocycles. The molecule has 0 radical (unpaired) electrons. The lowest BCUT2D eigenvalue weighted by Crippen LogP contribution is -2.23. The number of rotatable bonds is 8. The fraction of sp³-hybridized carbons (Fsp3) is 0.323. The molecule has 5 rings (SSSR count). The minimum Gasteiger partial charge on any atom is -0.423 e. The van der Waals surface area contributed by atoms with Gasteiger partial charge in [-0.3, -0.25) is 4.79 Å². The summed E-state index contributed by atoms with van der Waals surface area (Å²) in [5.74, 6) is -7.40. The van der Waals surface area contributed by atoms with Crippen LogP contribution in [0.3, 0.4) is 0 Å². The minimum atomic E-state index is -1.34. The lowest BCUT2D eigenvalue weighted by molar-refractivity contribution is -0.139. The smallest absolute Gasteiger partial charge is 0.314 e. The highest BCUT2D eigenvalue weighted by Gasteiger charge is 2.31. The largest absolute Gasteiger partial charge is 0.423 e. The van der Waals surface area contributed by atoms with Gasteiger partial charge in [-0.05, 0) is 55.0 Å². The molecule has 1 aliphatic carbocycles. The van der Waals surface area contributed by atoms with Gasteiger partial charge in [0.1, 0.15) is 11.9 Å². The molecule has 1 saturated heterocycles. The Labute approximate surface area is 228 Å². The van der Waals surface area contributed by atoms with Gasteiger partial charge in [0.25, 0.3) is 0 Å². The first-order valence-corrected chi connectivity index (χ1v) is 13.2. The van der Waals surface area contributed by atoms with Crippen molar-refractivity contribution in [3.8, 4) is 16.9 Å². The normalized spacial score (nSPS) is 19.2. The zero-order chi connectivity index (χ0) is 28.6. The Balaban J connectivity index is 1.26. The summed E-state index contributed by atoms with van der Waals surface area (Å²) in [6, 6.07) is 9.28. The van der Waals surface area contributed by atoms with Crippen molar-refractivity contribution in [3.63, 3.8) is 0 Å². The molecule has 3 aromatic rings. The molecule has 2 aliphatic rings. The summed E-state index contributed by atoms with van der Waals surface area (Å²) in [6.07, 6.45) is 1.91. The number of ether oxygens (including phenoxy) is 2. The van der Waals surface area contributed by atoms with Crippen LogP contribution in [0.4, 0.5) is 22.0 Å². The Hall–Kier alpha value is -3.56. The van der Waals surface area contributed by atoms with E-state index in [0.717, 1.165) is 11.6 Å². The van der Waals surface area contributed by atoms with Crippen molar-refractivity contribution in [1.29, 1.82) is 0 Å². The molecule has 4 nitrogen and oxygen atoms in total. The summed E-state index contributed by atoms with van der Waals surface area (Å²) in [7, 11) is 0. The first kappa shape index (κ1) is 28.0. The van der Waals surface area contributed by atoms with Crippen LogP contribution in [-0.2, 0) is 9.53 Å². The number of epoxide rings is 1. The molecule has 9 heteroatoms. The van der Waals surface area contributed by atoms with E-state index in [1.165, 1.54) is 30.3 Å². The highest BCUT2D eigenvalue weighted by atomic mass is 19.2. The van der Waals surface area contributed by atoms with E-state index < -0.39 is 58.9 Å². The zero-order valence-electron chi connectivity index (χ0n) is 21.7. The third-order valence-corrected chi connectivity index (χ3v) is 7.38. The zero-order valence-corrected chi connectivity index (χ0v) is 21.7. The van der Waals surface area contributed by atoms with E-state index in [2.05, 4.69) is 0 Å². The van der Waals surface area contributed by atoms with E-state index in [1.54, 1.807) is 19.1 Å². The molecule has 1 N–H and O–H groups in total. The second-order valence-corrected chi connectivity index (χ2v) is 10.1. The first-order valence-electron chi connectivity index (χ1n) is 13.2. The number of allylic oxidation sites excluding steroid dienone is 2. The van der Waals surface area contributed by atoms with Gasteiger partial charge in [-0.15, -0.1) is 0 Å². The van der Waals surface area contributed by atoms with Crippen molar-refractivity contribution >= 4 is 11.5 Å². The van der Waals surface area contributed by atoms with E-state index in [-0.39, 0.29) is 35.1 Å². The molecular weight excluding hydrogens is 531 g/mol. The average molecular weight is 559 g/mol. The van der Waals surface area contributed by atoms with Crippen LogP contribution in [0.5, 0.6) is 5.75 Å². The lowest BCUT2D eigenvalue weighted by atomic mass is 9.86. The third kappa shape index (κ3) is 5.53. The van der Waals surface area contributed by atoms with Crippen LogP contribution in [-0.4, -0.2) is 17.7 Å². The quantitative estimate of drug-likeness (QED) is 0.133. The summed E-state index contributed by atoms with van der Waals surface area (Å²) in [5, 5.41) is 9.98. The topological polar surface area (TPSA) is 59.1 Å². The minimum absolute atomic E-state index is 0.0798. The second kappa shape index (κ2) is 11.5. The van der Waals surface area contributed by atoms with E-state index in [4.69, 9.17) is 9.47 Å². The molecule has 0 saturated carbocycles. The Morgan fingerprint density at radius 2 is 1.75 bits per heavy atom. The van der Waals surface area contributed by atoms with E-state index in [0.29, 0.717) is 31.4 Å². The maximum atomic E-state index is 15.0. The molecule has 210 valence electrons. The van der Waals surface area contributed by atoms with Crippen molar-refractivity contribution in [2.45, 2.75) is 51.2 Å². The molecule has 0 aromatic heterocycles. The van der Waals surface area contributed by atoms with Crippen molar-refractivity contribution < 1.29 is 41.3 Å². The van der Waals surface area contributed by atoms with Crippen LogP contribution in [0.1, 0.15) is 67.9 Å². The van der Waals surface area contributed by atoms with Crippen LogP contribution in [0.25, 0.3) is 16.7 Å². The summed E-state index contributed by atoms with van der Waals surface area (Å²) in [4.78, 5) is 12.7. The summed E-state index contributed by atoms with van der Waals surface area (Å²) < 4.78 is 83.2. The predicted molar refractivity (Wildman–Crippen MR) is 138 cm³/mol. The number of aliphatic hydroxyl groups is 1. The first-order chi connectivity index (χ1) is 19.2. The standard InChI is InChI=1S/C31H27F5O4/c1-2-3-24(37)21-12-13-25(30(36)28(21)34)40-31(38)17-6-4-16(5-7-17)18-8-9-19(23(32)14-18)20-10-11-22(26-15-39-26)29(35)27(20)33/h4,8-14,17,24,26,37H,2-3,5-7,15H2,1H3. The van der Waals surface area contributed by atoms with Crippen LogP contribution in [0, 0.1) is 35.0 Å². The van der Waals surface area contributed by atoms with Gasteiger partial charge in [-0.25, -0.2) is 17.6 Å². The van der Waals surface area contributed by atoms with Crippen LogP contribution in [0.15, 0.2) is 48.5 Å². The Bertz CT molecular complexity index is 1480. The molecule has 1 aliphatic heterocycles. The fourth-order valence-corrected chi connectivity index (χ4v) is 5.00. The summed E-state index contributed by atoms with van der Waals surface area (Å²) >= 11 is 0. The molecule has 0 bridgehead atoms. The highest BCUT2D eigenvalue weighted by Crippen LogP contribution is 2.38. The number of benzene rings is 3. The molecular formula is C31H27F5O4. The van der Waals surface area contributed by atoms with Crippen molar-refractivity contribution in [2.75, 3.05) is 6.61 Å². The third-order valence-electron chi connectivity index (χ3n) is 7.38. The Morgan fingerprint density at radius 1 is 1.00 bits per heavy atom. The summed E-state index contributed by atoms with van der Waals surface area (Å²) in [5.41, 5.74) is 0.932. The van der Waals surface area contributed by atoms with Crippen LogP contribution >= 0.6 is 0 Å². The van der Waals surface area contributed by atoms with Gasteiger partial charge in [0.15, 0.2) is 23.2 Å². The number of carbonyl (C=O) groups is 1. The summed E-state index contributed by atoms with van der Waals surface area (Å²) in [6.45, 7) is 2.12. The van der Waals surface area contributed by atoms with Gasteiger partial charge in [0.05, 0.1) is 18.6 Å². The van der Waals surface area contributed by atoms with E-state index in [9.17, 15) is 27.5 Å². The lowest BCUT2D eigenvalue weighted by Gasteiger charge is -2.21. The molecule has 3 atom stereocenters. The van der Waals surface area contributed by atoms with Gasteiger partial charge in [0, 0.05) is 22.3 Å². The number of carbonyl (C=O) groups excluding carboxylic acids is 1. The SMILES string of the molecule is CCCC(O)c1ccc(OC(=O)C2CC=C(c3ccc(-c4ccc(C5CO5)c(F)c4F)c(F)c3)CC2)c(F)c1F. The average Bonchev–Trinajstić information content (AvgIpc) is 3.79. The number of esters is 1. The molecule has 3 unspecified atom stereocenters. The number of hydrogen-bond donors (Lipinski definition) is 1. The number of halogens is 5. The van der Waals surface area contributed by atoms with Crippen LogP contribution < -0.4 is 4.74 Å². The van der Waals surface area contributed by atoms with E-state index >= 15 is 4.39 Å². The van der Waals surface area contributed by atoms with Gasteiger partial charge in [0.2, 0.25) is 5.82 Å².